The van der Waals surface area contributed by atoms with E-state index in [1.807, 2.05) is 36.5 Å². The molecule has 0 radical (unpaired) electrons. The zero-order valence-electron chi connectivity index (χ0n) is 18.8. The van der Waals surface area contributed by atoms with Gasteiger partial charge in [-0.2, -0.15) is 5.10 Å². The molecule has 0 aliphatic carbocycles. The van der Waals surface area contributed by atoms with Crippen molar-refractivity contribution in [3.63, 3.8) is 0 Å². The molecule has 35 heavy (non-hydrogen) atoms. The lowest BCUT2D eigenvalue weighted by molar-refractivity contribution is 0.460. The second-order valence-electron chi connectivity index (χ2n) is 8.37. The molecule has 5 heteroatoms. The Kier molecular flexibility index (Phi) is 5.47. The average molecular weight is 517 g/mol. The van der Waals surface area contributed by atoms with E-state index in [0.29, 0.717) is 0 Å². The molecule has 0 bridgehead atoms. The van der Waals surface area contributed by atoms with Gasteiger partial charge in [-0.25, -0.2) is 9.97 Å². The molecule has 2 heterocycles. The molecule has 0 unspecified atom stereocenters. The maximum Gasteiger partial charge on any atom is 0.138 e. The second-order valence-corrected chi connectivity index (χ2v) is 9.28. The number of rotatable bonds is 5. The highest BCUT2D eigenvalue weighted by Crippen LogP contribution is 2.41. The lowest BCUT2D eigenvalue weighted by Crippen LogP contribution is -2.38. The maximum absolute atomic E-state index is 4.97. The lowest BCUT2D eigenvalue weighted by Gasteiger charge is -2.36. The Bertz CT molecular complexity index is 1500. The molecular weight excluding hydrogens is 496 g/mol. The summed E-state index contributed by atoms with van der Waals surface area (Å²) in [5.74, 6) is 0. The Balaban J connectivity index is 1.64. The minimum Gasteiger partial charge on any atom is -0.252 e. The summed E-state index contributed by atoms with van der Waals surface area (Å²) in [7, 11) is 0. The van der Waals surface area contributed by atoms with Crippen molar-refractivity contribution in [2.24, 2.45) is 0 Å². The van der Waals surface area contributed by atoms with E-state index in [-0.39, 0.29) is 0 Å². The Morgan fingerprint density at radius 1 is 0.657 bits per heavy atom. The second kappa shape index (κ2) is 8.93. The first-order chi connectivity index (χ1) is 17.3. The number of hydrogen-bond donors (Lipinski definition) is 0. The number of fused-ring (bicyclic) bond motifs is 1. The summed E-state index contributed by atoms with van der Waals surface area (Å²) >= 11 is 3.59. The predicted molar refractivity (Wildman–Crippen MR) is 143 cm³/mol. The molecule has 168 valence electrons. The van der Waals surface area contributed by atoms with Crippen LogP contribution in [0.5, 0.6) is 0 Å². The largest absolute Gasteiger partial charge is 0.252 e. The van der Waals surface area contributed by atoms with Crippen LogP contribution >= 0.6 is 15.9 Å². The van der Waals surface area contributed by atoms with Gasteiger partial charge in [0.25, 0.3) is 0 Å². The third kappa shape index (κ3) is 3.65. The first-order valence-electron chi connectivity index (χ1n) is 11.4. The van der Waals surface area contributed by atoms with Gasteiger partial charge in [0.05, 0.1) is 17.4 Å². The van der Waals surface area contributed by atoms with Gasteiger partial charge in [-0.15, -0.1) is 0 Å². The molecule has 2 aromatic heterocycles. The number of hydrogen-bond acceptors (Lipinski definition) is 3. The monoisotopic (exact) mass is 516 g/mol. The van der Waals surface area contributed by atoms with Crippen molar-refractivity contribution in [3.8, 4) is 11.3 Å². The minimum atomic E-state index is -0.661. The third-order valence-electron chi connectivity index (χ3n) is 6.37. The maximum atomic E-state index is 4.97. The van der Waals surface area contributed by atoms with E-state index in [2.05, 4.69) is 116 Å². The van der Waals surface area contributed by atoms with Crippen LogP contribution in [0.1, 0.15) is 16.7 Å². The van der Waals surface area contributed by atoms with Crippen molar-refractivity contribution >= 4 is 26.8 Å². The molecular formula is C30H21BrN4. The van der Waals surface area contributed by atoms with Crippen LogP contribution in [-0.4, -0.2) is 19.7 Å². The molecule has 0 aliphatic heterocycles. The standard InChI is InChI=1S/C30H21BrN4/c31-26-16-17-28-27(18-26)29(33-21-32-28)22-19-34-35(20-22)30(23-10-4-1-5-11-23,24-12-6-2-7-13-24)25-14-8-3-9-15-25/h1-21H. The Morgan fingerprint density at radius 3 is 1.80 bits per heavy atom. The summed E-state index contributed by atoms with van der Waals surface area (Å²) in [5.41, 5.74) is 5.40. The summed E-state index contributed by atoms with van der Waals surface area (Å²) in [5, 5.41) is 5.95. The van der Waals surface area contributed by atoms with E-state index < -0.39 is 5.54 Å². The van der Waals surface area contributed by atoms with Gasteiger partial charge < -0.3 is 0 Å². The van der Waals surface area contributed by atoms with Gasteiger partial charge in [0.1, 0.15) is 11.9 Å². The third-order valence-corrected chi connectivity index (χ3v) is 6.86. The molecule has 6 rings (SSSR count). The normalized spacial score (nSPS) is 11.6. The van der Waals surface area contributed by atoms with Gasteiger partial charge in [-0.3, -0.25) is 4.68 Å². The number of halogens is 1. The van der Waals surface area contributed by atoms with Crippen molar-refractivity contribution in [1.82, 2.24) is 19.7 Å². The topological polar surface area (TPSA) is 43.6 Å². The van der Waals surface area contributed by atoms with Crippen molar-refractivity contribution in [2.45, 2.75) is 5.54 Å². The SMILES string of the molecule is Brc1ccc2ncnc(-c3cnn(C(c4ccccc4)(c4ccccc4)c4ccccc4)c3)c2c1. The van der Waals surface area contributed by atoms with Crippen LogP contribution in [0.25, 0.3) is 22.2 Å². The van der Waals surface area contributed by atoms with Crippen LogP contribution in [0.2, 0.25) is 0 Å². The van der Waals surface area contributed by atoms with E-state index in [1.165, 1.54) is 0 Å². The molecule has 0 saturated heterocycles. The van der Waals surface area contributed by atoms with Gasteiger partial charge >= 0.3 is 0 Å². The highest BCUT2D eigenvalue weighted by atomic mass is 79.9. The van der Waals surface area contributed by atoms with Gasteiger partial charge in [0, 0.05) is 21.6 Å². The molecule has 0 N–H and O–H groups in total. The van der Waals surface area contributed by atoms with E-state index in [0.717, 1.165) is 43.3 Å². The van der Waals surface area contributed by atoms with E-state index in [1.54, 1.807) is 6.33 Å². The Hall–Kier alpha value is -4.09. The smallest absolute Gasteiger partial charge is 0.138 e. The zero-order chi connectivity index (χ0) is 23.7. The van der Waals surface area contributed by atoms with Gasteiger partial charge in [0.2, 0.25) is 0 Å². The molecule has 0 aliphatic rings. The highest BCUT2D eigenvalue weighted by molar-refractivity contribution is 9.10. The Labute approximate surface area is 212 Å². The fraction of sp³-hybridized carbons (Fsp3) is 0.0333. The molecule has 0 saturated carbocycles. The van der Waals surface area contributed by atoms with Crippen molar-refractivity contribution < 1.29 is 0 Å². The van der Waals surface area contributed by atoms with Crippen LogP contribution in [0.3, 0.4) is 0 Å². The van der Waals surface area contributed by atoms with E-state index >= 15 is 0 Å². The summed E-state index contributed by atoms with van der Waals surface area (Å²) in [6, 6.07) is 37.6. The first-order valence-corrected chi connectivity index (χ1v) is 12.2. The van der Waals surface area contributed by atoms with Crippen LogP contribution < -0.4 is 0 Å². The zero-order valence-corrected chi connectivity index (χ0v) is 20.4. The summed E-state index contributed by atoms with van der Waals surface area (Å²) in [6.07, 6.45) is 5.60. The molecule has 0 fully saturated rings. The first kappa shape index (κ1) is 21.4. The highest BCUT2D eigenvalue weighted by Gasteiger charge is 2.39. The van der Waals surface area contributed by atoms with Crippen molar-refractivity contribution in [3.05, 3.63) is 149 Å². The quantitative estimate of drug-likeness (QED) is 0.229. The van der Waals surface area contributed by atoms with Crippen LogP contribution in [0, 0.1) is 0 Å². The fourth-order valence-corrected chi connectivity index (χ4v) is 5.18. The van der Waals surface area contributed by atoms with Crippen LogP contribution in [0.15, 0.2) is 132 Å². The molecule has 0 spiro atoms. The Morgan fingerprint density at radius 2 is 1.23 bits per heavy atom. The van der Waals surface area contributed by atoms with Gasteiger partial charge in [-0.1, -0.05) is 107 Å². The number of benzene rings is 4. The molecule has 0 amide bonds. The predicted octanol–water partition coefficient (Wildman–Crippen LogP) is 7.10. The molecule has 4 nitrogen and oxygen atoms in total. The summed E-state index contributed by atoms with van der Waals surface area (Å²) < 4.78 is 3.05. The van der Waals surface area contributed by atoms with Crippen LogP contribution in [-0.2, 0) is 5.54 Å². The minimum absolute atomic E-state index is 0.661. The fourth-order valence-electron chi connectivity index (χ4n) is 4.82. The molecule has 0 atom stereocenters. The molecule has 6 aromatic rings. The average Bonchev–Trinajstić information content (AvgIpc) is 3.41. The van der Waals surface area contributed by atoms with E-state index in [9.17, 15) is 0 Å². The number of aromatic nitrogens is 4. The molecule has 4 aromatic carbocycles. The van der Waals surface area contributed by atoms with Gasteiger partial charge in [-0.05, 0) is 34.9 Å². The van der Waals surface area contributed by atoms with Crippen LogP contribution in [0.4, 0.5) is 0 Å². The summed E-state index contributed by atoms with van der Waals surface area (Å²) in [6.45, 7) is 0. The number of nitrogens with zero attached hydrogens (tertiary/aromatic N) is 4. The van der Waals surface area contributed by atoms with Crippen molar-refractivity contribution in [1.29, 1.82) is 0 Å². The lowest BCUT2D eigenvalue weighted by atomic mass is 9.77. The van der Waals surface area contributed by atoms with Crippen molar-refractivity contribution in [2.75, 3.05) is 0 Å². The van der Waals surface area contributed by atoms with E-state index in [4.69, 9.17) is 5.10 Å². The summed E-state index contributed by atoms with van der Waals surface area (Å²) in [4.78, 5) is 9.09. The van der Waals surface area contributed by atoms with Gasteiger partial charge in [0.15, 0.2) is 0 Å².